The number of esters is 1. The van der Waals surface area contributed by atoms with Crippen LogP contribution in [0.15, 0.2) is 65.5 Å². The third kappa shape index (κ3) is 3.46. The first-order valence-corrected chi connectivity index (χ1v) is 8.21. The van der Waals surface area contributed by atoms with Crippen molar-refractivity contribution in [2.75, 3.05) is 19.1 Å². The zero-order chi connectivity index (χ0) is 19.6. The predicted molar refractivity (Wildman–Crippen MR) is 99.6 cm³/mol. The summed E-state index contributed by atoms with van der Waals surface area (Å²) in [6, 6.07) is 12.8. The number of carbonyl (C=O) groups is 2. The van der Waals surface area contributed by atoms with E-state index in [0.29, 0.717) is 17.1 Å². The van der Waals surface area contributed by atoms with Gasteiger partial charge < -0.3 is 14.4 Å². The van der Waals surface area contributed by atoms with Gasteiger partial charge in [0, 0.05) is 11.4 Å². The second kappa shape index (κ2) is 7.45. The number of ether oxygens (including phenoxy) is 2. The summed E-state index contributed by atoms with van der Waals surface area (Å²) in [4.78, 5) is 26.7. The van der Waals surface area contributed by atoms with Crippen LogP contribution in [0.3, 0.4) is 0 Å². The number of nitrogens with zero attached hydrogens (tertiary/aromatic N) is 1. The summed E-state index contributed by atoms with van der Waals surface area (Å²) >= 11 is 0. The minimum absolute atomic E-state index is 0.0402. The number of benzene rings is 2. The third-order valence-electron chi connectivity index (χ3n) is 4.29. The lowest BCUT2D eigenvalue weighted by Crippen LogP contribution is -2.18. The highest BCUT2D eigenvalue weighted by Crippen LogP contribution is 2.35. The first-order valence-electron chi connectivity index (χ1n) is 8.21. The van der Waals surface area contributed by atoms with Crippen LogP contribution >= 0.6 is 0 Å². The molecule has 138 valence electrons. The molecule has 0 aliphatic carbocycles. The normalized spacial score (nSPS) is 15.5. The molecule has 0 spiro atoms. The van der Waals surface area contributed by atoms with E-state index in [-0.39, 0.29) is 17.1 Å². The molecule has 1 heterocycles. The molecule has 0 saturated carbocycles. The predicted octanol–water partition coefficient (Wildman–Crippen LogP) is 3.71. The Morgan fingerprint density at radius 3 is 2.22 bits per heavy atom. The fourth-order valence-electron chi connectivity index (χ4n) is 2.94. The summed E-state index contributed by atoms with van der Waals surface area (Å²) in [5, 5.41) is 0. The lowest BCUT2D eigenvalue weighted by Gasteiger charge is -2.21. The van der Waals surface area contributed by atoms with Crippen molar-refractivity contribution in [3.63, 3.8) is 0 Å². The van der Waals surface area contributed by atoms with E-state index < -0.39 is 11.8 Å². The van der Waals surface area contributed by atoms with Crippen molar-refractivity contribution in [2.45, 2.75) is 6.92 Å². The Morgan fingerprint density at radius 1 is 1.04 bits per heavy atom. The van der Waals surface area contributed by atoms with Crippen LogP contribution in [0.1, 0.15) is 12.5 Å². The van der Waals surface area contributed by atoms with Crippen LogP contribution in [0.25, 0.3) is 6.08 Å². The number of carbonyl (C=O) groups excluding carboxylic acids is 2. The maximum Gasteiger partial charge on any atom is 0.343 e. The summed E-state index contributed by atoms with van der Waals surface area (Å²) < 4.78 is 23.2. The molecule has 0 radical (unpaired) electrons. The number of rotatable bonds is 4. The van der Waals surface area contributed by atoms with Crippen LogP contribution in [0.4, 0.5) is 10.1 Å². The molecule has 2 aromatic rings. The molecule has 0 bridgehead atoms. The van der Waals surface area contributed by atoms with E-state index in [1.807, 2.05) is 0 Å². The van der Waals surface area contributed by atoms with Gasteiger partial charge >= 0.3 is 5.97 Å². The molecule has 0 amide bonds. The van der Waals surface area contributed by atoms with E-state index in [1.165, 1.54) is 19.2 Å². The van der Waals surface area contributed by atoms with Gasteiger partial charge in [-0.05, 0) is 55.0 Å². The largest absolute Gasteiger partial charge is 0.497 e. The molecule has 27 heavy (non-hydrogen) atoms. The first-order chi connectivity index (χ1) is 13.0. The fraction of sp³-hybridized carbons (Fsp3) is 0.143. The highest BCUT2D eigenvalue weighted by Gasteiger charge is 2.38. The highest BCUT2D eigenvalue weighted by atomic mass is 19.1. The summed E-state index contributed by atoms with van der Waals surface area (Å²) in [5.74, 6) is -0.850. The molecule has 1 aliphatic rings. The Morgan fingerprint density at radius 2 is 1.67 bits per heavy atom. The summed E-state index contributed by atoms with van der Waals surface area (Å²) in [5.41, 5.74) is 2.00. The first kappa shape index (κ1) is 18.4. The highest BCUT2D eigenvalue weighted by molar-refractivity contribution is 6.30. The van der Waals surface area contributed by atoms with Crippen LogP contribution in [0, 0.1) is 5.82 Å². The summed E-state index contributed by atoms with van der Waals surface area (Å²) in [7, 11) is 2.80. The zero-order valence-corrected chi connectivity index (χ0v) is 15.2. The maximum atomic E-state index is 13.3. The lowest BCUT2D eigenvalue weighted by atomic mass is 10.1. The van der Waals surface area contributed by atoms with Crippen LogP contribution < -0.4 is 9.64 Å². The number of allylic oxidation sites excluding steroid dienone is 2. The van der Waals surface area contributed by atoms with Gasteiger partial charge in [-0.3, -0.25) is 4.79 Å². The Balaban J connectivity index is 2.11. The SMILES string of the molecule is COC(=O)C1=C(C)N(c2ccc(F)cc2)C(=Cc2ccc(OC)cc2)C1=O. The Hall–Kier alpha value is -3.41. The molecule has 0 N–H and O–H groups in total. The number of halogens is 1. The van der Waals surface area contributed by atoms with Crippen molar-refractivity contribution < 1.29 is 23.5 Å². The van der Waals surface area contributed by atoms with Gasteiger partial charge in [0.25, 0.3) is 0 Å². The van der Waals surface area contributed by atoms with E-state index >= 15 is 0 Å². The van der Waals surface area contributed by atoms with Crippen molar-refractivity contribution in [2.24, 2.45) is 0 Å². The fourth-order valence-corrected chi connectivity index (χ4v) is 2.94. The van der Waals surface area contributed by atoms with Gasteiger partial charge in [-0.25, -0.2) is 9.18 Å². The van der Waals surface area contributed by atoms with Crippen molar-refractivity contribution >= 4 is 23.5 Å². The average molecular weight is 367 g/mol. The summed E-state index contributed by atoms with van der Waals surface area (Å²) in [6.07, 6.45) is 1.67. The molecule has 0 aromatic heterocycles. The second-order valence-corrected chi connectivity index (χ2v) is 5.90. The summed E-state index contributed by atoms with van der Waals surface area (Å²) in [6.45, 7) is 1.66. The van der Waals surface area contributed by atoms with Gasteiger partial charge in [0.1, 0.15) is 17.1 Å². The number of Topliss-reactive ketones (excluding diaryl/α,β-unsaturated/α-hetero) is 1. The Bertz CT molecular complexity index is 943. The average Bonchev–Trinajstić information content (AvgIpc) is 2.92. The van der Waals surface area contributed by atoms with Crippen LogP contribution in [-0.4, -0.2) is 26.0 Å². The van der Waals surface area contributed by atoms with Crippen molar-refractivity contribution in [3.05, 3.63) is 76.9 Å². The molecule has 3 rings (SSSR count). The second-order valence-electron chi connectivity index (χ2n) is 5.90. The smallest absolute Gasteiger partial charge is 0.343 e. The van der Waals surface area contributed by atoms with Crippen LogP contribution in [0.2, 0.25) is 0 Å². The molecular weight excluding hydrogens is 349 g/mol. The molecule has 5 nitrogen and oxygen atoms in total. The number of hydrogen-bond donors (Lipinski definition) is 0. The number of hydrogen-bond acceptors (Lipinski definition) is 5. The van der Waals surface area contributed by atoms with Crippen LogP contribution in [0.5, 0.6) is 5.75 Å². The Labute approximate surface area is 156 Å². The molecular formula is C21H18FNO4. The molecule has 0 fully saturated rings. The molecule has 1 aliphatic heterocycles. The van der Waals surface area contributed by atoms with Crippen molar-refractivity contribution in [1.29, 1.82) is 0 Å². The third-order valence-corrected chi connectivity index (χ3v) is 4.29. The molecule has 6 heteroatoms. The van der Waals surface area contributed by atoms with E-state index in [0.717, 1.165) is 5.56 Å². The molecule has 0 unspecified atom stereocenters. The maximum absolute atomic E-state index is 13.3. The molecule has 2 aromatic carbocycles. The lowest BCUT2D eigenvalue weighted by molar-refractivity contribution is -0.137. The van der Waals surface area contributed by atoms with Gasteiger partial charge in [0.2, 0.25) is 5.78 Å². The monoisotopic (exact) mass is 367 g/mol. The van der Waals surface area contributed by atoms with E-state index in [4.69, 9.17) is 9.47 Å². The molecule has 0 atom stereocenters. The van der Waals surface area contributed by atoms with E-state index in [9.17, 15) is 14.0 Å². The van der Waals surface area contributed by atoms with E-state index in [2.05, 4.69) is 0 Å². The van der Waals surface area contributed by atoms with Gasteiger partial charge in [-0.15, -0.1) is 0 Å². The van der Waals surface area contributed by atoms with Crippen molar-refractivity contribution in [3.8, 4) is 5.75 Å². The minimum Gasteiger partial charge on any atom is -0.497 e. The van der Waals surface area contributed by atoms with Crippen molar-refractivity contribution in [1.82, 2.24) is 0 Å². The minimum atomic E-state index is -0.706. The topological polar surface area (TPSA) is 55.8 Å². The quantitative estimate of drug-likeness (QED) is 0.468. The Kier molecular flexibility index (Phi) is 5.07. The number of methoxy groups -OCH3 is 2. The van der Waals surface area contributed by atoms with E-state index in [1.54, 1.807) is 61.4 Å². The standard InChI is InChI=1S/C21H18FNO4/c1-13-19(21(25)27-3)20(24)18(12-14-4-10-17(26-2)11-5-14)23(13)16-8-6-15(22)7-9-16/h4-12H,1-3H3. The van der Waals surface area contributed by atoms with Gasteiger partial charge in [0.05, 0.1) is 19.9 Å². The molecule has 0 saturated heterocycles. The number of anilines is 1. The number of ketones is 1. The van der Waals surface area contributed by atoms with Gasteiger partial charge in [0.15, 0.2) is 0 Å². The zero-order valence-electron chi connectivity index (χ0n) is 15.2. The van der Waals surface area contributed by atoms with Gasteiger partial charge in [-0.2, -0.15) is 0 Å². The van der Waals surface area contributed by atoms with Gasteiger partial charge in [-0.1, -0.05) is 12.1 Å². The van der Waals surface area contributed by atoms with Crippen LogP contribution in [-0.2, 0) is 14.3 Å².